The van der Waals surface area contributed by atoms with Crippen molar-refractivity contribution in [3.05, 3.63) is 29.6 Å². The van der Waals surface area contributed by atoms with Crippen molar-refractivity contribution < 1.29 is 13.9 Å². The molecule has 0 bridgehead atoms. The number of methoxy groups -OCH3 is 1. The van der Waals surface area contributed by atoms with Crippen molar-refractivity contribution in [2.75, 3.05) is 13.7 Å². The van der Waals surface area contributed by atoms with Crippen LogP contribution in [0.15, 0.2) is 18.2 Å². The van der Waals surface area contributed by atoms with E-state index in [1.165, 1.54) is 7.11 Å². The molecule has 0 spiro atoms. The molecule has 2 N–H and O–H groups in total. The Morgan fingerprint density at radius 2 is 2.05 bits per heavy atom. The molecule has 2 rings (SSSR count). The Bertz CT molecular complexity index is 444. The van der Waals surface area contributed by atoms with Crippen LogP contribution in [0.1, 0.15) is 38.2 Å². The molecule has 0 amide bonds. The Balaban J connectivity index is 2.16. The number of hydrogen-bond donors (Lipinski definition) is 1. The zero-order chi connectivity index (χ0) is 14.6. The van der Waals surface area contributed by atoms with E-state index in [1.54, 1.807) is 18.2 Å². The van der Waals surface area contributed by atoms with E-state index in [1.807, 2.05) is 6.92 Å². The minimum absolute atomic E-state index is 0.188. The summed E-state index contributed by atoms with van der Waals surface area (Å²) >= 11 is 0. The molecule has 1 atom stereocenters. The summed E-state index contributed by atoms with van der Waals surface area (Å²) < 4.78 is 25.2. The number of ether oxygens (including phenoxy) is 2. The van der Waals surface area contributed by atoms with Gasteiger partial charge in [-0.1, -0.05) is 25.0 Å². The fourth-order valence-corrected chi connectivity index (χ4v) is 3.18. The average molecular weight is 281 g/mol. The van der Waals surface area contributed by atoms with Gasteiger partial charge < -0.3 is 15.2 Å². The summed E-state index contributed by atoms with van der Waals surface area (Å²) in [5.41, 5.74) is 6.67. The molecule has 0 radical (unpaired) electrons. The van der Waals surface area contributed by atoms with Gasteiger partial charge in [0, 0.05) is 12.6 Å². The Kier molecular flexibility index (Phi) is 5.00. The SMILES string of the molecule is CCOC1(C(N)Cc2cccc(OC)c2F)CCCC1. The molecule has 0 saturated heterocycles. The molecule has 1 saturated carbocycles. The van der Waals surface area contributed by atoms with Gasteiger partial charge in [-0.25, -0.2) is 4.39 Å². The minimum Gasteiger partial charge on any atom is -0.494 e. The number of halogens is 1. The molecule has 0 aliphatic heterocycles. The van der Waals surface area contributed by atoms with Gasteiger partial charge in [-0.05, 0) is 37.8 Å². The molecule has 1 aromatic rings. The first-order chi connectivity index (χ1) is 9.63. The maximum Gasteiger partial charge on any atom is 0.168 e. The highest BCUT2D eigenvalue weighted by atomic mass is 19.1. The standard InChI is InChI=1S/C16H24FNO2/c1-3-20-16(9-4-5-10-16)14(18)11-12-7-6-8-13(19-2)15(12)17/h6-8,14H,3-5,9-11,18H2,1-2H3. The second kappa shape index (κ2) is 6.55. The van der Waals surface area contributed by atoms with Crippen LogP contribution < -0.4 is 10.5 Å². The largest absolute Gasteiger partial charge is 0.494 e. The molecule has 0 heterocycles. The van der Waals surface area contributed by atoms with E-state index < -0.39 is 0 Å². The summed E-state index contributed by atoms with van der Waals surface area (Å²) in [6.45, 7) is 2.63. The molecule has 1 unspecified atom stereocenters. The zero-order valence-electron chi connectivity index (χ0n) is 12.3. The lowest BCUT2D eigenvalue weighted by Crippen LogP contribution is -2.49. The molecule has 1 aliphatic rings. The monoisotopic (exact) mass is 281 g/mol. The fourth-order valence-electron chi connectivity index (χ4n) is 3.18. The highest BCUT2D eigenvalue weighted by Crippen LogP contribution is 2.37. The van der Waals surface area contributed by atoms with Gasteiger partial charge in [-0.2, -0.15) is 0 Å². The molecule has 1 aliphatic carbocycles. The second-order valence-electron chi connectivity index (χ2n) is 5.45. The van der Waals surface area contributed by atoms with Crippen LogP contribution in [-0.2, 0) is 11.2 Å². The third-order valence-corrected chi connectivity index (χ3v) is 4.26. The highest BCUT2D eigenvalue weighted by molar-refractivity contribution is 5.32. The molecule has 1 fully saturated rings. The lowest BCUT2D eigenvalue weighted by molar-refractivity contribution is -0.0526. The van der Waals surface area contributed by atoms with Gasteiger partial charge in [0.15, 0.2) is 11.6 Å². The maximum atomic E-state index is 14.2. The number of rotatable bonds is 6. The summed E-state index contributed by atoms with van der Waals surface area (Å²) in [5.74, 6) is -0.0401. The van der Waals surface area contributed by atoms with Gasteiger partial charge in [0.2, 0.25) is 0 Å². The lowest BCUT2D eigenvalue weighted by atomic mass is 9.87. The minimum atomic E-state index is -0.310. The van der Waals surface area contributed by atoms with Gasteiger partial charge >= 0.3 is 0 Å². The second-order valence-corrected chi connectivity index (χ2v) is 5.45. The van der Waals surface area contributed by atoms with E-state index in [4.69, 9.17) is 15.2 Å². The first-order valence-electron chi connectivity index (χ1n) is 7.34. The van der Waals surface area contributed by atoms with Gasteiger partial charge in [-0.15, -0.1) is 0 Å². The molecule has 1 aromatic carbocycles. The predicted molar refractivity (Wildman–Crippen MR) is 77.5 cm³/mol. The van der Waals surface area contributed by atoms with Gasteiger partial charge in [0.25, 0.3) is 0 Å². The molecule has 112 valence electrons. The van der Waals surface area contributed by atoms with E-state index in [9.17, 15) is 4.39 Å². The Hall–Kier alpha value is -1.13. The lowest BCUT2D eigenvalue weighted by Gasteiger charge is -2.35. The zero-order valence-corrected chi connectivity index (χ0v) is 12.3. The molecule has 20 heavy (non-hydrogen) atoms. The van der Waals surface area contributed by atoms with Crippen molar-refractivity contribution in [3.8, 4) is 5.75 Å². The fraction of sp³-hybridized carbons (Fsp3) is 0.625. The number of nitrogens with two attached hydrogens (primary N) is 1. The van der Waals surface area contributed by atoms with Crippen LogP contribution in [0.3, 0.4) is 0 Å². The molecular formula is C16H24FNO2. The first-order valence-corrected chi connectivity index (χ1v) is 7.34. The van der Waals surface area contributed by atoms with Crippen LogP contribution in [0.4, 0.5) is 4.39 Å². The summed E-state index contributed by atoms with van der Waals surface area (Å²) in [7, 11) is 1.47. The Labute approximate surface area is 120 Å². The maximum absolute atomic E-state index is 14.2. The highest BCUT2D eigenvalue weighted by Gasteiger charge is 2.40. The van der Waals surface area contributed by atoms with E-state index in [0.717, 1.165) is 25.7 Å². The van der Waals surface area contributed by atoms with Gasteiger partial charge in [-0.3, -0.25) is 0 Å². The molecule has 4 heteroatoms. The first kappa shape index (κ1) is 15.3. The molecule has 0 aromatic heterocycles. The summed E-state index contributed by atoms with van der Waals surface area (Å²) in [6.07, 6.45) is 4.67. The van der Waals surface area contributed by atoms with Crippen molar-refractivity contribution in [2.45, 2.75) is 50.7 Å². The summed E-state index contributed by atoms with van der Waals surface area (Å²) in [6, 6.07) is 5.00. The Morgan fingerprint density at radius 3 is 2.65 bits per heavy atom. The van der Waals surface area contributed by atoms with Crippen LogP contribution in [0.2, 0.25) is 0 Å². The number of hydrogen-bond acceptors (Lipinski definition) is 3. The van der Waals surface area contributed by atoms with Crippen LogP contribution in [0, 0.1) is 5.82 Å². The smallest absolute Gasteiger partial charge is 0.168 e. The number of benzene rings is 1. The Morgan fingerprint density at radius 1 is 1.35 bits per heavy atom. The van der Waals surface area contributed by atoms with Crippen molar-refractivity contribution in [3.63, 3.8) is 0 Å². The van der Waals surface area contributed by atoms with Crippen molar-refractivity contribution >= 4 is 0 Å². The average Bonchev–Trinajstić information content (AvgIpc) is 2.91. The predicted octanol–water partition coefficient (Wildman–Crippen LogP) is 3.05. The normalized spacial score (nSPS) is 19.0. The van der Waals surface area contributed by atoms with Crippen LogP contribution in [0.5, 0.6) is 5.75 Å². The van der Waals surface area contributed by atoms with Crippen molar-refractivity contribution in [2.24, 2.45) is 5.73 Å². The third-order valence-electron chi connectivity index (χ3n) is 4.26. The topological polar surface area (TPSA) is 44.5 Å². The van der Waals surface area contributed by atoms with Crippen LogP contribution >= 0.6 is 0 Å². The summed E-state index contributed by atoms with van der Waals surface area (Å²) in [5, 5.41) is 0. The van der Waals surface area contributed by atoms with E-state index >= 15 is 0 Å². The molecule has 3 nitrogen and oxygen atoms in total. The van der Waals surface area contributed by atoms with Crippen molar-refractivity contribution in [1.82, 2.24) is 0 Å². The van der Waals surface area contributed by atoms with Gasteiger partial charge in [0.1, 0.15) is 0 Å². The van der Waals surface area contributed by atoms with E-state index in [2.05, 4.69) is 0 Å². The van der Waals surface area contributed by atoms with Crippen LogP contribution in [0.25, 0.3) is 0 Å². The van der Waals surface area contributed by atoms with E-state index in [0.29, 0.717) is 18.6 Å². The van der Waals surface area contributed by atoms with Gasteiger partial charge in [0.05, 0.1) is 12.7 Å². The molecular weight excluding hydrogens is 257 g/mol. The summed E-state index contributed by atoms with van der Waals surface area (Å²) in [4.78, 5) is 0. The van der Waals surface area contributed by atoms with Crippen LogP contribution in [-0.4, -0.2) is 25.4 Å². The van der Waals surface area contributed by atoms with E-state index in [-0.39, 0.29) is 23.2 Å². The quantitative estimate of drug-likeness (QED) is 0.871. The van der Waals surface area contributed by atoms with Crippen molar-refractivity contribution in [1.29, 1.82) is 0 Å². The third kappa shape index (κ3) is 2.96.